The average molecular weight is 162 g/mol. The molecule has 0 amide bonds. The molecule has 0 spiro atoms. The van der Waals surface area contributed by atoms with E-state index in [0.29, 0.717) is 0 Å². The summed E-state index contributed by atoms with van der Waals surface area (Å²) in [4.78, 5) is 0. The summed E-state index contributed by atoms with van der Waals surface area (Å²) in [5, 5.41) is 0. The maximum Gasteiger partial charge on any atom is -0.0443 e. The predicted octanol–water partition coefficient (Wildman–Crippen LogP) is 3.88. The van der Waals surface area contributed by atoms with Crippen molar-refractivity contribution in [3.05, 3.63) is 36.4 Å². The van der Waals surface area contributed by atoms with Gasteiger partial charge in [-0.3, -0.25) is 0 Å². The highest BCUT2D eigenvalue weighted by molar-refractivity contribution is 4.99. The van der Waals surface area contributed by atoms with Crippen LogP contribution in [0.1, 0.15) is 32.6 Å². The summed E-state index contributed by atoms with van der Waals surface area (Å²) in [6.45, 7) is 2.34. The van der Waals surface area contributed by atoms with Gasteiger partial charge in [0, 0.05) is 0 Å². The lowest BCUT2D eigenvalue weighted by molar-refractivity contribution is 0.612. The molecule has 12 heavy (non-hydrogen) atoms. The Kier molecular flexibility index (Phi) is 4.51. The van der Waals surface area contributed by atoms with Crippen LogP contribution in [-0.4, -0.2) is 0 Å². The molecule has 1 saturated carbocycles. The fourth-order valence-corrected chi connectivity index (χ4v) is 1.51. The molecule has 0 radical (unpaired) electrons. The molecule has 2 rings (SSSR count). The van der Waals surface area contributed by atoms with Gasteiger partial charge < -0.3 is 0 Å². The maximum absolute atomic E-state index is 2.34. The summed E-state index contributed by atoms with van der Waals surface area (Å²) in [7, 11) is 0. The zero-order valence-electron chi connectivity index (χ0n) is 7.87. The maximum atomic E-state index is 2.34. The molecule has 1 aliphatic carbocycles. The minimum atomic E-state index is 1.05. The van der Waals surface area contributed by atoms with E-state index in [-0.39, 0.29) is 0 Å². The van der Waals surface area contributed by atoms with Gasteiger partial charge in [0.05, 0.1) is 0 Å². The molecular formula is C12H18. The van der Waals surface area contributed by atoms with Crippen molar-refractivity contribution in [1.29, 1.82) is 0 Å². The van der Waals surface area contributed by atoms with E-state index in [9.17, 15) is 0 Å². The van der Waals surface area contributed by atoms with E-state index in [1.54, 1.807) is 0 Å². The van der Waals surface area contributed by atoms with Gasteiger partial charge in [-0.1, -0.05) is 69.0 Å². The molecule has 0 heterocycles. The van der Waals surface area contributed by atoms with Crippen molar-refractivity contribution < 1.29 is 0 Å². The molecule has 0 aromatic heterocycles. The molecule has 0 atom stereocenters. The minimum Gasteiger partial charge on any atom is -0.0625 e. The largest absolute Gasteiger partial charge is 0.0625 e. The summed E-state index contributed by atoms with van der Waals surface area (Å²) in [6, 6.07) is 12.0. The number of benzene rings is 1. The standard InChI is InChI=1S/C6H12.C6H6/c1-6-4-2-3-5-6;1-2-4-6-5-3-1/h6H,2-5H2,1H3;1-6H. The van der Waals surface area contributed by atoms with E-state index in [1.807, 2.05) is 36.4 Å². The summed E-state index contributed by atoms with van der Waals surface area (Å²) in [6.07, 6.45) is 5.95. The van der Waals surface area contributed by atoms with Crippen molar-refractivity contribution in [2.75, 3.05) is 0 Å². The zero-order valence-corrected chi connectivity index (χ0v) is 7.87. The molecule has 0 aliphatic heterocycles. The SMILES string of the molecule is CC1CCCC1.c1ccccc1. The van der Waals surface area contributed by atoms with Crippen LogP contribution in [0.2, 0.25) is 0 Å². The second kappa shape index (κ2) is 5.82. The van der Waals surface area contributed by atoms with Crippen molar-refractivity contribution in [3.8, 4) is 0 Å². The van der Waals surface area contributed by atoms with Crippen LogP contribution in [-0.2, 0) is 0 Å². The Bertz CT molecular complexity index is 146. The third-order valence-corrected chi connectivity index (χ3v) is 2.31. The summed E-state index contributed by atoms with van der Waals surface area (Å²) < 4.78 is 0. The summed E-state index contributed by atoms with van der Waals surface area (Å²) >= 11 is 0. The fourth-order valence-electron chi connectivity index (χ4n) is 1.51. The van der Waals surface area contributed by atoms with Crippen LogP contribution in [0.25, 0.3) is 0 Å². The fraction of sp³-hybridized carbons (Fsp3) is 0.500. The smallest absolute Gasteiger partial charge is 0.0443 e. The molecule has 0 N–H and O–H groups in total. The van der Waals surface area contributed by atoms with Gasteiger partial charge in [0.2, 0.25) is 0 Å². The number of rotatable bonds is 0. The third kappa shape index (κ3) is 4.17. The van der Waals surface area contributed by atoms with E-state index < -0.39 is 0 Å². The molecule has 1 fully saturated rings. The lowest BCUT2D eigenvalue weighted by atomic mass is 10.2. The van der Waals surface area contributed by atoms with Gasteiger partial charge in [0.1, 0.15) is 0 Å². The first-order valence-electron chi connectivity index (χ1n) is 4.89. The predicted molar refractivity (Wildman–Crippen MR) is 54.1 cm³/mol. The van der Waals surface area contributed by atoms with Crippen molar-refractivity contribution in [2.45, 2.75) is 32.6 Å². The lowest BCUT2D eigenvalue weighted by Crippen LogP contribution is -1.78. The Morgan fingerprint density at radius 1 is 0.750 bits per heavy atom. The van der Waals surface area contributed by atoms with Crippen molar-refractivity contribution in [1.82, 2.24) is 0 Å². The van der Waals surface area contributed by atoms with Crippen LogP contribution in [0.15, 0.2) is 36.4 Å². The van der Waals surface area contributed by atoms with E-state index >= 15 is 0 Å². The highest BCUT2D eigenvalue weighted by Crippen LogP contribution is 2.22. The van der Waals surface area contributed by atoms with Gasteiger partial charge in [0.25, 0.3) is 0 Å². The van der Waals surface area contributed by atoms with Crippen LogP contribution in [0.5, 0.6) is 0 Å². The molecule has 0 unspecified atom stereocenters. The van der Waals surface area contributed by atoms with Gasteiger partial charge >= 0.3 is 0 Å². The van der Waals surface area contributed by atoms with Crippen molar-refractivity contribution in [2.24, 2.45) is 5.92 Å². The highest BCUT2D eigenvalue weighted by atomic mass is 14.1. The molecule has 1 aliphatic rings. The Balaban J connectivity index is 0.000000120. The normalized spacial score (nSPS) is 16.8. The van der Waals surface area contributed by atoms with E-state index in [4.69, 9.17) is 0 Å². The minimum absolute atomic E-state index is 1.05. The highest BCUT2D eigenvalue weighted by Gasteiger charge is 2.07. The van der Waals surface area contributed by atoms with Gasteiger partial charge in [-0.2, -0.15) is 0 Å². The van der Waals surface area contributed by atoms with Crippen molar-refractivity contribution in [3.63, 3.8) is 0 Å². The summed E-state index contributed by atoms with van der Waals surface area (Å²) in [5.41, 5.74) is 0. The van der Waals surface area contributed by atoms with Gasteiger partial charge in [-0.05, 0) is 5.92 Å². The number of hydrogen-bond donors (Lipinski definition) is 0. The molecular weight excluding hydrogens is 144 g/mol. The third-order valence-electron chi connectivity index (χ3n) is 2.31. The second-order valence-electron chi connectivity index (χ2n) is 3.54. The Hall–Kier alpha value is -0.780. The molecule has 0 saturated heterocycles. The summed E-state index contributed by atoms with van der Waals surface area (Å²) in [5.74, 6) is 1.05. The monoisotopic (exact) mass is 162 g/mol. The Morgan fingerprint density at radius 2 is 1.08 bits per heavy atom. The Morgan fingerprint density at radius 3 is 1.25 bits per heavy atom. The van der Waals surface area contributed by atoms with Crippen LogP contribution >= 0.6 is 0 Å². The lowest BCUT2D eigenvalue weighted by Gasteiger charge is -1.91. The van der Waals surface area contributed by atoms with Crippen LogP contribution in [0.4, 0.5) is 0 Å². The first-order valence-corrected chi connectivity index (χ1v) is 4.89. The topological polar surface area (TPSA) is 0 Å². The van der Waals surface area contributed by atoms with E-state index in [0.717, 1.165) is 5.92 Å². The van der Waals surface area contributed by atoms with Crippen molar-refractivity contribution >= 4 is 0 Å². The zero-order chi connectivity index (χ0) is 8.65. The Labute approximate surface area is 75.6 Å². The van der Waals surface area contributed by atoms with Crippen LogP contribution < -0.4 is 0 Å². The quantitative estimate of drug-likeness (QED) is 0.543. The van der Waals surface area contributed by atoms with Crippen LogP contribution in [0, 0.1) is 5.92 Å². The van der Waals surface area contributed by atoms with Gasteiger partial charge in [-0.15, -0.1) is 0 Å². The van der Waals surface area contributed by atoms with E-state index in [2.05, 4.69) is 6.92 Å². The first-order chi connectivity index (χ1) is 5.89. The first kappa shape index (κ1) is 9.31. The average Bonchev–Trinajstić information content (AvgIpc) is 2.60. The van der Waals surface area contributed by atoms with Gasteiger partial charge in [0.15, 0.2) is 0 Å². The molecule has 0 nitrogen and oxygen atoms in total. The van der Waals surface area contributed by atoms with Crippen LogP contribution in [0.3, 0.4) is 0 Å². The molecule has 0 bridgehead atoms. The van der Waals surface area contributed by atoms with Gasteiger partial charge in [-0.25, -0.2) is 0 Å². The molecule has 1 aromatic carbocycles. The molecule has 0 heteroatoms. The second-order valence-corrected chi connectivity index (χ2v) is 3.54. The molecule has 1 aromatic rings. The molecule has 66 valence electrons. The van der Waals surface area contributed by atoms with E-state index in [1.165, 1.54) is 25.7 Å². The number of hydrogen-bond acceptors (Lipinski definition) is 0.